The molecule has 3 aromatic carbocycles. The second-order valence-electron chi connectivity index (χ2n) is 11.4. The third-order valence-electron chi connectivity index (χ3n) is 8.34. The molecule has 214 valence electrons. The lowest BCUT2D eigenvalue weighted by molar-refractivity contribution is -0.146. The van der Waals surface area contributed by atoms with Gasteiger partial charge in [0.05, 0.1) is 6.04 Å². The first-order valence-electron chi connectivity index (χ1n) is 14.7. The number of benzene rings is 3. The molecule has 1 aliphatic carbocycles. The molecule has 1 aliphatic rings. The van der Waals surface area contributed by atoms with Crippen molar-refractivity contribution in [2.45, 2.75) is 71.4 Å². The number of aryl methyl sites for hydroxylation is 2. The highest BCUT2D eigenvalue weighted by Crippen LogP contribution is 2.35. The summed E-state index contributed by atoms with van der Waals surface area (Å²) >= 11 is 0. The van der Waals surface area contributed by atoms with E-state index in [-0.39, 0.29) is 17.9 Å². The molecule has 41 heavy (non-hydrogen) atoms. The Morgan fingerprint density at radius 2 is 1.80 bits per heavy atom. The molecule has 4 aromatic rings. The van der Waals surface area contributed by atoms with Crippen LogP contribution in [0.2, 0.25) is 0 Å². The molecule has 0 bridgehead atoms. The summed E-state index contributed by atoms with van der Waals surface area (Å²) in [5.74, 6) is -0.310. The fourth-order valence-corrected chi connectivity index (χ4v) is 5.60. The molecule has 6 heteroatoms. The van der Waals surface area contributed by atoms with Gasteiger partial charge in [-0.1, -0.05) is 55.8 Å². The van der Waals surface area contributed by atoms with Gasteiger partial charge >= 0.3 is 5.97 Å². The van der Waals surface area contributed by atoms with Crippen LogP contribution < -0.4 is 10.1 Å². The minimum Gasteiger partial charge on any atom is -0.478 e. The topological polar surface area (TPSA) is 80.6 Å². The number of hydrogen-bond donors (Lipinski definition) is 2. The third-order valence-corrected chi connectivity index (χ3v) is 8.34. The summed E-state index contributed by atoms with van der Waals surface area (Å²) in [6.07, 6.45) is 5.06. The van der Waals surface area contributed by atoms with Crippen molar-refractivity contribution in [3.05, 3.63) is 100 Å². The van der Waals surface area contributed by atoms with Gasteiger partial charge in [0, 0.05) is 35.1 Å². The molecule has 1 amide bonds. The molecule has 1 aromatic heterocycles. The maximum atomic E-state index is 13.3. The third kappa shape index (κ3) is 6.48. The van der Waals surface area contributed by atoms with Gasteiger partial charge in [0.15, 0.2) is 6.10 Å². The first kappa shape index (κ1) is 28.5. The van der Waals surface area contributed by atoms with Gasteiger partial charge in [-0.15, -0.1) is 0 Å². The van der Waals surface area contributed by atoms with Crippen LogP contribution in [0.5, 0.6) is 5.75 Å². The molecule has 6 nitrogen and oxygen atoms in total. The molecule has 1 unspecified atom stereocenters. The summed E-state index contributed by atoms with van der Waals surface area (Å²) in [5, 5.41) is 13.8. The quantitative estimate of drug-likeness (QED) is 0.196. The zero-order valence-corrected chi connectivity index (χ0v) is 24.4. The number of nitrogens with one attached hydrogen (secondary N) is 1. The van der Waals surface area contributed by atoms with Gasteiger partial charge in [-0.25, -0.2) is 4.79 Å². The van der Waals surface area contributed by atoms with Gasteiger partial charge in [0.25, 0.3) is 5.91 Å². The van der Waals surface area contributed by atoms with E-state index in [1.54, 1.807) is 0 Å². The second-order valence-corrected chi connectivity index (χ2v) is 11.4. The Hall–Kier alpha value is -4.06. The van der Waals surface area contributed by atoms with Gasteiger partial charge in [-0.2, -0.15) is 0 Å². The molecule has 5 rings (SSSR count). The summed E-state index contributed by atoms with van der Waals surface area (Å²) < 4.78 is 8.02. The van der Waals surface area contributed by atoms with Crippen molar-refractivity contribution in [3.8, 4) is 5.75 Å². The lowest BCUT2D eigenvalue weighted by atomic mass is 10.0. The van der Waals surface area contributed by atoms with Crippen molar-refractivity contribution in [1.29, 1.82) is 0 Å². The van der Waals surface area contributed by atoms with Crippen LogP contribution in [0.25, 0.3) is 10.9 Å². The molecular formula is C35H40N2O4. The molecule has 1 fully saturated rings. The average Bonchev–Trinajstić information content (AvgIpc) is 3.79. The normalized spacial score (nSPS) is 14.5. The number of carbonyl (C=O) groups excluding carboxylic acids is 1. The van der Waals surface area contributed by atoms with E-state index < -0.39 is 12.1 Å². The highest BCUT2D eigenvalue weighted by molar-refractivity contribution is 5.99. The number of ether oxygens (including phenoxy) is 1. The van der Waals surface area contributed by atoms with E-state index in [0.29, 0.717) is 17.7 Å². The van der Waals surface area contributed by atoms with E-state index in [1.165, 1.54) is 11.1 Å². The lowest BCUT2D eigenvalue weighted by Gasteiger charge is -2.16. The first-order valence-corrected chi connectivity index (χ1v) is 14.7. The predicted molar refractivity (Wildman–Crippen MR) is 163 cm³/mol. The molecule has 0 saturated heterocycles. The molecule has 1 heterocycles. The Morgan fingerprint density at radius 1 is 1.05 bits per heavy atom. The van der Waals surface area contributed by atoms with E-state index >= 15 is 0 Å². The Bertz CT molecular complexity index is 1570. The fraction of sp³-hybridized carbons (Fsp3) is 0.371. The number of carbonyl (C=O) groups is 2. The lowest BCUT2D eigenvalue weighted by Crippen LogP contribution is -2.29. The summed E-state index contributed by atoms with van der Waals surface area (Å²) in [7, 11) is 2.03. The van der Waals surface area contributed by atoms with Crippen molar-refractivity contribution >= 4 is 22.8 Å². The van der Waals surface area contributed by atoms with Gasteiger partial charge in [0.1, 0.15) is 5.75 Å². The van der Waals surface area contributed by atoms with Crippen LogP contribution in [-0.4, -0.2) is 27.7 Å². The Kier molecular flexibility index (Phi) is 8.48. The van der Waals surface area contributed by atoms with E-state index in [1.807, 2.05) is 56.4 Å². The summed E-state index contributed by atoms with van der Waals surface area (Å²) in [4.78, 5) is 24.9. The van der Waals surface area contributed by atoms with Crippen LogP contribution in [0.15, 0.2) is 66.7 Å². The van der Waals surface area contributed by atoms with Gasteiger partial charge in [0.2, 0.25) is 0 Å². The van der Waals surface area contributed by atoms with Crippen molar-refractivity contribution < 1.29 is 19.4 Å². The average molecular weight is 553 g/mol. The van der Waals surface area contributed by atoms with E-state index in [0.717, 1.165) is 59.8 Å². The van der Waals surface area contributed by atoms with Crippen LogP contribution in [0.3, 0.4) is 0 Å². The number of carboxylic acids is 1. The number of aromatic nitrogens is 1. The SMILES string of the molecule is CCCCc1cccc([C@H](C)NC(=O)c2ccc3c(Cc4cccc(OC(C(=O)O)C5CC5)c4)c(C)n(C)c3c2)c1. The van der Waals surface area contributed by atoms with Crippen LogP contribution in [0.1, 0.15) is 83.9 Å². The van der Waals surface area contributed by atoms with Crippen LogP contribution in [0.4, 0.5) is 0 Å². The number of fused-ring (bicyclic) bond motifs is 1. The van der Waals surface area contributed by atoms with E-state index in [4.69, 9.17) is 4.74 Å². The number of carboxylic acid groups (broad SMARTS) is 1. The Morgan fingerprint density at radius 3 is 2.54 bits per heavy atom. The highest BCUT2D eigenvalue weighted by atomic mass is 16.5. The summed E-state index contributed by atoms with van der Waals surface area (Å²) in [6.45, 7) is 6.32. The highest BCUT2D eigenvalue weighted by Gasteiger charge is 2.38. The molecule has 0 aliphatic heterocycles. The van der Waals surface area contributed by atoms with Crippen molar-refractivity contribution in [1.82, 2.24) is 9.88 Å². The molecule has 2 N–H and O–H groups in total. The smallest absolute Gasteiger partial charge is 0.345 e. The van der Waals surface area contributed by atoms with Gasteiger partial charge in [-0.05, 0) is 92.5 Å². The number of aliphatic carboxylic acids is 1. The number of hydrogen-bond acceptors (Lipinski definition) is 3. The Labute approximate surface area is 242 Å². The fourth-order valence-electron chi connectivity index (χ4n) is 5.60. The monoisotopic (exact) mass is 552 g/mol. The standard InChI is InChI=1S/C35H40N2O4/c1-5-6-9-24-10-7-12-27(18-24)22(2)36-34(38)28-16-17-30-31(23(3)37(4)32(30)21-28)20-25-11-8-13-29(19-25)41-33(35(39)40)26-14-15-26/h7-8,10-13,16-19,21-22,26,33H,5-6,9,14-15,20H2,1-4H3,(H,36,38)(H,39,40)/t22-,33?/m0/s1. The maximum Gasteiger partial charge on any atom is 0.345 e. The summed E-state index contributed by atoms with van der Waals surface area (Å²) in [5.41, 5.74) is 7.42. The summed E-state index contributed by atoms with van der Waals surface area (Å²) in [6, 6.07) is 22.0. The Balaban J connectivity index is 1.33. The van der Waals surface area contributed by atoms with Crippen LogP contribution in [0, 0.1) is 12.8 Å². The zero-order valence-electron chi connectivity index (χ0n) is 24.4. The largest absolute Gasteiger partial charge is 0.478 e. The van der Waals surface area contributed by atoms with Crippen LogP contribution >= 0.6 is 0 Å². The molecule has 0 radical (unpaired) electrons. The number of rotatable bonds is 12. The minimum atomic E-state index is -0.905. The predicted octanol–water partition coefficient (Wildman–Crippen LogP) is 7.15. The van der Waals surface area contributed by atoms with Gasteiger partial charge in [-0.3, -0.25) is 4.79 Å². The van der Waals surface area contributed by atoms with Crippen LogP contribution in [-0.2, 0) is 24.7 Å². The number of unbranched alkanes of at least 4 members (excludes halogenated alkanes) is 1. The molecular weight excluding hydrogens is 512 g/mol. The van der Waals surface area contributed by atoms with E-state index in [9.17, 15) is 14.7 Å². The van der Waals surface area contributed by atoms with Crippen molar-refractivity contribution in [3.63, 3.8) is 0 Å². The van der Waals surface area contributed by atoms with Crippen molar-refractivity contribution in [2.75, 3.05) is 0 Å². The minimum absolute atomic E-state index is 0.0905. The number of nitrogens with zero attached hydrogens (tertiary/aromatic N) is 1. The molecule has 1 saturated carbocycles. The first-order chi connectivity index (χ1) is 19.7. The zero-order chi connectivity index (χ0) is 29.1. The van der Waals surface area contributed by atoms with Gasteiger partial charge < -0.3 is 19.7 Å². The second kappa shape index (κ2) is 12.2. The van der Waals surface area contributed by atoms with E-state index in [2.05, 4.69) is 48.0 Å². The maximum absolute atomic E-state index is 13.3. The molecule has 0 spiro atoms. The van der Waals surface area contributed by atoms with Crippen molar-refractivity contribution in [2.24, 2.45) is 13.0 Å². The molecule has 2 atom stereocenters. The number of amides is 1.